The standard InChI is InChI=1S/C11H16ClNO2S/c1-8-3-4-10(11(12)5-8)7-16(14,15)9(2)6-13/h3-5,9H,6-7,13H2,1-2H3. The molecule has 2 N–H and O–H groups in total. The molecule has 0 saturated heterocycles. The first kappa shape index (κ1) is 13.5. The molecule has 3 nitrogen and oxygen atoms in total. The maximum absolute atomic E-state index is 11.8. The quantitative estimate of drug-likeness (QED) is 0.901. The monoisotopic (exact) mass is 261 g/mol. The van der Waals surface area contributed by atoms with Gasteiger partial charge in [-0.2, -0.15) is 0 Å². The van der Waals surface area contributed by atoms with Crippen LogP contribution in [0.1, 0.15) is 18.1 Å². The van der Waals surface area contributed by atoms with Crippen LogP contribution in [0.15, 0.2) is 18.2 Å². The highest BCUT2D eigenvalue weighted by molar-refractivity contribution is 7.91. The Morgan fingerprint density at radius 2 is 2.06 bits per heavy atom. The van der Waals surface area contributed by atoms with Gasteiger partial charge in [-0.05, 0) is 31.0 Å². The molecule has 5 heteroatoms. The number of benzene rings is 1. The van der Waals surface area contributed by atoms with Gasteiger partial charge >= 0.3 is 0 Å². The van der Waals surface area contributed by atoms with Gasteiger partial charge in [-0.1, -0.05) is 23.7 Å². The van der Waals surface area contributed by atoms with Gasteiger partial charge in [-0.15, -0.1) is 0 Å². The number of hydrogen-bond acceptors (Lipinski definition) is 3. The van der Waals surface area contributed by atoms with E-state index in [4.69, 9.17) is 17.3 Å². The summed E-state index contributed by atoms with van der Waals surface area (Å²) < 4.78 is 23.7. The van der Waals surface area contributed by atoms with Crippen LogP contribution in [0.3, 0.4) is 0 Å². The van der Waals surface area contributed by atoms with Gasteiger partial charge in [-0.3, -0.25) is 0 Å². The Morgan fingerprint density at radius 1 is 1.44 bits per heavy atom. The van der Waals surface area contributed by atoms with Crippen molar-refractivity contribution in [1.82, 2.24) is 0 Å². The van der Waals surface area contributed by atoms with Crippen molar-refractivity contribution in [3.63, 3.8) is 0 Å². The van der Waals surface area contributed by atoms with Crippen LogP contribution >= 0.6 is 11.6 Å². The van der Waals surface area contributed by atoms with Crippen molar-refractivity contribution in [3.05, 3.63) is 34.3 Å². The average molecular weight is 262 g/mol. The predicted octanol–water partition coefficient (Wildman–Crippen LogP) is 1.91. The highest BCUT2D eigenvalue weighted by Crippen LogP contribution is 2.21. The summed E-state index contributed by atoms with van der Waals surface area (Å²) in [5, 5.41) is -0.0438. The molecule has 0 aliphatic heterocycles. The molecule has 0 bridgehead atoms. The Labute approximate surface area is 102 Å². The van der Waals surface area contributed by atoms with Gasteiger partial charge in [0.15, 0.2) is 9.84 Å². The van der Waals surface area contributed by atoms with E-state index in [2.05, 4.69) is 0 Å². The van der Waals surface area contributed by atoms with Gasteiger partial charge in [0.05, 0.1) is 11.0 Å². The summed E-state index contributed by atoms with van der Waals surface area (Å²) in [6.45, 7) is 3.65. The Bertz CT molecular complexity index is 471. The Kier molecular flexibility index (Phi) is 4.35. The van der Waals surface area contributed by atoms with E-state index in [1.807, 2.05) is 13.0 Å². The maximum Gasteiger partial charge on any atom is 0.158 e. The molecular formula is C11H16ClNO2S. The molecule has 0 heterocycles. The molecule has 16 heavy (non-hydrogen) atoms. The van der Waals surface area contributed by atoms with Crippen molar-refractivity contribution in [1.29, 1.82) is 0 Å². The van der Waals surface area contributed by atoms with Gasteiger partial charge in [0.1, 0.15) is 0 Å². The third-order valence-electron chi connectivity index (χ3n) is 2.51. The van der Waals surface area contributed by atoms with E-state index in [1.54, 1.807) is 19.1 Å². The molecule has 0 aromatic heterocycles. The zero-order chi connectivity index (χ0) is 12.3. The maximum atomic E-state index is 11.8. The summed E-state index contributed by atoms with van der Waals surface area (Å²) >= 11 is 5.99. The first-order valence-corrected chi connectivity index (χ1v) is 7.13. The zero-order valence-corrected chi connectivity index (χ0v) is 11.0. The number of rotatable bonds is 4. The molecule has 1 atom stereocenters. The minimum Gasteiger partial charge on any atom is -0.329 e. The van der Waals surface area contributed by atoms with E-state index in [0.717, 1.165) is 5.56 Å². The van der Waals surface area contributed by atoms with Crippen LogP contribution in [0.25, 0.3) is 0 Å². The molecule has 0 saturated carbocycles. The third kappa shape index (κ3) is 3.20. The van der Waals surface area contributed by atoms with E-state index in [0.29, 0.717) is 10.6 Å². The summed E-state index contributed by atoms with van der Waals surface area (Å²) in [6.07, 6.45) is 0. The van der Waals surface area contributed by atoms with E-state index in [9.17, 15) is 8.42 Å². The first-order chi connectivity index (χ1) is 7.36. The Hall–Kier alpha value is -0.580. The largest absolute Gasteiger partial charge is 0.329 e. The second-order valence-corrected chi connectivity index (χ2v) is 6.77. The van der Waals surface area contributed by atoms with Crippen molar-refractivity contribution in [3.8, 4) is 0 Å². The fourth-order valence-electron chi connectivity index (χ4n) is 1.28. The number of nitrogens with two attached hydrogens (primary N) is 1. The minimum atomic E-state index is -3.21. The highest BCUT2D eigenvalue weighted by atomic mass is 35.5. The van der Waals surface area contributed by atoms with Gasteiger partial charge in [0.2, 0.25) is 0 Å². The number of aryl methyl sites for hydroxylation is 1. The fourth-order valence-corrected chi connectivity index (χ4v) is 2.92. The normalized spacial score (nSPS) is 13.8. The van der Waals surface area contributed by atoms with Crippen LogP contribution in [-0.2, 0) is 15.6 Å². The second-order valence-electron chi connectivity index (χ2n) is 3.95. The van der Waals surface area contributed by atoms with Crippen LogP contribution < -0.4 is 5.73 Å². The molecule has 90 valence electrons. The SMILES string of the molecule is Cc1ccc(CS(=O)(=O)C(C)CN)c(Cl)c1. The summed E-state index contributed by atoms with van der Waals surface area (Å²) in [6, 6.07) is 5.36. The summed E-state index contributed by atoms with van der Waals surface area (Å²) in [5.74, 6) is -0.0511. The molecule has 1 aromatic rings. The number of hydrogen-bond donors (Lipinski definition) is 1. The average Bonchev–Trinajstić information content (AvgIpc) is 2.21. The molecule has 0 spiro atoms. The van der Waals surface area contributed by atoms with Crippen LogP contribution in [0.5, 0.6) is 0 Å². The Balaban J connectivity index is 2.97. The van der Waals surface area contributed by atoms with Crippen LogP contribution in [0.4, 0.5) is 0 Å². The van der Waals surface area contributed by atoms with Crippen molar-refractivity contribution < 1.29 is 8.42 Å². The lowest BCUT2D eigenvalue weighted by molar-refractivity contribution is 0.583. The van der Waals surface area contributed by atoms with E-state index in [-0.39, 0.29) is 12.3 Å². The van der Waals surface area contributed by atoms with Gasteiger partial charge in [0, 0.05) is 11.6 Å². The molecule has 1 rings (SSSR count). The molecule has 0 aliphatic carbocycles. The molecular weight excluding hydrogens is 246 g/mol. The van der Waals surface area contributed by atoms with Crippen molar-refractivity contribution in [2.24, 2.45) is 5.73 Å². The summed E-state index contributed by atoms with van der Waals surface area (Å²) in [7, 11) is -3.21. The molecule has 1 unspecified atom stereocenters. The molecule has 1 aromatic carbocycles. The van der Waals surface area contributed by atoms with Crippen LogP contribution in [0.2, 0.25) is 5.02 Å². The molecule has 0 radical (unpaired) electrons. The smallest absolute Gasteiger partial charge is 0.158 e. The highest BCUT2D eigenvalue weighted by Gasteiger charge is 2.20. The fraction of sp³-hybridized carbons (Fsp3) is 0.455. The third-order valence-corrected chi connectivity index (χ3v) is 4.99. The van der Waals surface area contributed by atoms with E-state index < -0.39 is 15.1 Å². The van der Waals surface area contributed by atoms with Gasteiger partial charge in [0.25, 0.3) is 0 Å². The van der Waals surface area contributed by atoms with Gasteiger partial charge in [-0.25, -0.2) is 8.42 Å². The number of halogens is 1. The lowest BCUT2D eigenvalue weighted by Gasteiger charge is -2.11. The predicted molar refractivity (Wildman–Crippen MR) is 67.3 cm³/mol. The minimum absolute atomic E-state index is 0.0511. The zero-order valence-electron chi connectivity index (χ0n) is 9.40. The van der Waals surface area contributed by atoms with Crippen LogP contribution in [0, 0.1) is 6.92 Å². The number of sulfone groups is 1. The Morgan fingerprint density at radius 3 is 2.56 bits per heavy atom. The summed E-state index contributed by atoms with van der Waals surface area (Å²) in [5.41, 5.74) is 7.01. The second kappa shape index (κ2) is 5.17. The topological polar surface area (TPSA) is 60.2 Å². The molecule has 0 fully saturated rings. The molecule has 0 aliphatic rings. The lowest BCUT2D eigenvalue weighted by Crippen LogP contribution is -2.27. The van der Waals surface area contributed by atoms with E-state index >= 15 is 0 Å². The lowest BCUT2D eigenvalue weighted by atomic mass is 10.2. The summed E-state index contributed by atoms with van der Waals surface area (Å²) in [4.78, 5) is 0. The van der Waals surface area contributed by atoms with Crippen molar-refractivity contribution in [2.75, 3.05) is 6.54 Å². The van der Waals surface area contributed by atoms with Crippen molar-refractivity contribution in [2.45, 2.75) is 24.9 Å². The van der Waals surface area contributed by atoms with E-state index in [1.165, 1.54) is 0 Å². The van der Waals surface area contributed by atoms with Crippen LogP contribution in [-0.4, -0.2) is 20.2 Å². The first-order valence-electron chi connectivity index (χ1n) is 5.03. The van der Waals surface area contributed by atoms with Crippen molar-refractivity contribution >= 4 is 21.4 Å². The van der Waals surface area contributed by atoms with Gasteiger partial charge < -0.3 is 5.73 Å². The molecule has 0 amide bonds.